The van der Waals surface area contributed by atoms with Crippen molar-refractivity contribution in [1.29, 1.82) is 0 Å². The monoisotopic (exact) mass is 260 g/mol. The molecule has 1 aromatic rings. The summed E-state index contributed by atoms with van der Waals surface area (Å²) in [7, 11) is 0. The molecular formula is C17H28N2. The second kappa shape index (κ2) is 7.04. The van der Waals surface area contributed by atoms with Crippen molar-refractivity contribution in [2.24, 2.45) is 5.92 Å². The van der Waals surface area contributed by atoms with Gasteiger partial charge < -0.3 is 4.90 Å². The lowest BCUT2D eigenvalue weighted by Gasteiger charge is -2.37. The van der Waals surface area contributed by atoms with Crippen LogP contribution in [0.4, 0.5) is 0 Å². The zero-order chi connectivity index (χ0) is 13.7. The molecule has 0 unspecified atom stereocenters. The van der Waals surface area contributed by atoms with Crippen molar-refractivity contribution < 1.29 is 0 Å². The molecule has 2 nitrogen and oxygen atoms in total. The summed E-state index contributed by atoms with van der Waals surface area (Å²) in [6.45, 7) is 9.32. The fourth-order valence-electron chi connectivity index (χ4n) is 2.98. The Morgan fingerprint density at radius 3 is 2.74 bits per heavy atom. The minimum absolute atomic E-state index is 0.748. The zero-order valence-corrected chi connectivity index (χ0v) is 12.7. The number of nitrogens with zero attached hydrogens (tertiary/aromatic N) is 2. The van der Waals surface area contributed by atoms with Gasteiger partial charge in [-0.1, -0.05) is 26.3 Å². The molecule has 19 heavy (non-hydrogen) atoms. The van der Waals surface area contributed by atoms with Crippen LogP contribution in [0.1, 0.15) is 51.3 Å². The zero-order valence-electron chi connectivity index (χ0n) is 12.7. The number of pyridine rings is 1. The van der Waals surface area contributed by atoms with Gasteiger partial charge >= 0.3 is 0 Å². The Labute approximate surface area is 118 Å². The van der Waals surface area contributed by atoms with Crippen LogP contribution in [-0.2, 0) is 12.8 Å². The van der Waals surface area contributed by atoms with Gasteiger partial charge in [-0.2, -0.15) is 0 Å². The summed E-state index contributed by atoms with van der Waals surface area (Å²) in [6, 6.07) is 5.17. The number of rotatable bonds is 5. The number of aromatic nitrogens is 1. The third kappa shape index (κ3) is 4.04. The summed E-state index contributed by atoms with van der Waals surface area (Å²) in [5, 5.41) is 0. The third-order valence-electron chi connectivity index (χ3n) is 4.64. The summed E-state index contributed by atoms with van der Waals surface area (Å²) in [4.78, 5) is 7.23. The first kappa shape index (κ1) is 14.5. The van der Waals surface area contributed by atoms with Crippen LogP contribution < -0.4 is 0 Å². The van der Waals surface area contributed by atoms with Crippen LogP contribution in [-0.4, -0.2) is 29.0 Å². The van der Waals surface area contributed by atoms with Gasteiger partial charge in [-0.05, 0) is 43.7 Å². The molecule has 2 heterocycles. The highest BCUT2D eigenvalue weighted by Gasteiger charge is 2.23. The highest BCUT2D eigenvalue weighted by molar-refractivity contribution is 5.14. The van der Waals surface area contributed by atoms with Gasteiger partial charge in [0.25, 0.3) is 0 Å². The van der Waals surface area contributed by atoms with E-state index in [4.69, 9.17) is 0 Å². The van der Waals surface area contributed by atoms with E-state index in [1.807, 2.05) is 6.20 Å². The van der Waals surface area contributed by atoms with E-state index >= 15 is 0 Å². The molecule has 2 atom stereocenters. The predicted molar refractivity (Wildman–Crippen MR) is 81.4 cm³/mol. The molecule has 0 bridgehead atoms. The average molecular weight is 260 g/mol. The van der Waals surface area contributed by atoms with E-state index < -0.39 is 0 Å². The van der Waals surface area contributed by atoms with Crippen LogP contribution in [0.2, 0.25) is 0 Å². The Balaban J connectivity index is 1.85. The quantitative estimate of drug-likeness (QED) is 0.802. The number of aryl methyl sites for hydroxylation is 1. The standard InChI is InChI=1S/C17H28N2/c1-4-15-8-9-17(18-12-15)10-11-19-13-16(5-2)7-6-14(19)3/h8-9,12,14,16H,4-7,10-11,13H2,1-3H3/t14-,16+/m1/s1. The first-order chi connectivity index (χ1) is 9.22. The lowest BCUT2D eigenvalue weighted by molar-refractivity contribution is 0.117. The molecule has 1 saturated heterocycles. The average Bonchev–Trinajstić information content (AvgIpc) is 2.47. The van der Waals surface area contributed by atoms with Gasteiger partial charge in [-0.3, -0.25) is 4.98 Å². The SMILES string of the molecule is CCc1ccc(CCN2C[C@@H](CC)CC[C@H]2C)nc1. The van der Waals surface area contributed by atoms with E-state index in [0.29, 0.717) is 0 Å². The van der Waals surface area contributed by atoms with Gasteiger partial charge in [0.15, 0.2) is 0 Å². The lowest BCUT2D eigenvalue weighted by Crippen LogP contribution is -2.42. The summed E-state index contributed by atoms with van der Waals surface area (Å²) in [6.07, 6.45) is 8.30. The van der Waals surface area contributed by atoms with Crippen LogP contribution in [0.5, 0.6) is 0 Å². The van der Waals surface area contributed by atoms with E-state index in [1.165, 1.54) is 37.1 Å². The minimum Gasteiger partial charge on any atom is -0.300 e. The smallest absolute Gasteiger partial charge is 0.0416 e. The van der Waals surface area contributed by atoms with Crippen LogP contribution in [0.3, 0.4) is 0 Å². The second-order valence-corrected chi connectivity index (χ2v) is 5.96. The molecule has 0 saturated carbocycles. The maximum atomic E-state index is 4.57. The molecule has 0 amide bonds. The van der Waals surface area contributed by atoms with Crippen molar-refractivity contribution in [2.45, 2.75) is 58.9 Å². The van der Waals surface area contributed by atoms with Gasteiger partial charge in [0, 0.05) is 37.4 Å². The lowest BCUT2D eigenvalue weighted by atomic mass is 9.91. The molecule has 2 rings (SSSR count). The topological polar surface area (TPSA) is 16.1 Å². The van der Waals surface area contributed by atoms with Crippen molar-refractivity contribution in [3.8, 4) is 0 Å². The van der Waals surface area contributed by atoms with Gasteiger partial charge in [0.05, 0.1) is 0 Å². The summed E-state index contributed by atoms with van der Waals surface area (Å²) in [5.41, 5.74) is 2.57. The summed E-state index contributed by atoms with van der Waals surface area (Å²) in [5.74, 6) is 0.909. The van der Waals surface area contributed by atoms with Crippen LogP contribution in [0, 0.1) is 5.92 Å². The van der Waals surface area contributed by atoms with E-state index in [1.54, 1.807) is 0 Å². The molecule has 2 heteroatoms. The molecule has 0 N–H and O–H groups in total. The predicted octanol–water partition coefficient (Wildman–Crippen LogP) is 3.70. The largest absolute Gasteiger partial charge is 0.300 e. The molecule has 1 aliphatic rings. The summed E-state index contributed by atoms with van der Waals surface area (Å²) < 4.78 is 0. The fraction of sp³-hybridized carbons (Fsp3) is 0.706. The molecular weight excluding hydrogens is 232 g/mol. The van der Waals surface area contributed by atoms with Crippen molar-refractivity contribution in [1.82, 2.24) is 9.88 Å². The van der Waals surface area contributed by atoms with Gasteiger partial charge in [0.1, 0.15) is 0 Å². The van der Waals surface area contributed by atoms with Crippen LogP contribution >= 0.6 is 0 Å². The second-order valence-electron chi connectivity index (χ2n) is 5.96. The molecule has 1 fully saturated rings. The molecule has 1 aliphatic heterocycles. The van der Waals surface area contributed by atoms with E-state index in [0.717, 1.165) is 31.3 Å². The molecule has 106 valence electrons. The Morgan fingerprint density at radius 2 is 2.11 bits per heavy atom. The Morgan fingerprint density at radius 1 is 1.26 bits per heavy atom. The molecule has 1 aromatic heterocycles. The molecule has 0 aromatic carbocycles. The first-order valence-corrected chi connectivity index (χ1v) is 7.90. The number of likely N-dealkylation sites (tertiary alicyclic amines) is 1. The Kier molecular flexibility index (Phi) is 5.38. The number of hydrogen-bond donors (Lipinski definition) is 0. The normalized spacial score (nSPS) is 24.6. The van der Waals surface area contributed by atoms with Gasteiger partial charge in [-0.25, -0.2) is 0 Å². The summed E-state index contributed by atoms with van der Waals surface area (Å²) >= 11 is 0. The van der Waals surface area contributed by atoms with E-state index in [2.05, 4.69) is 42.8 Å². The van der Waals surface area contributed by atoms with Gasteiger partial charge in [-0.15, -0.1) is 0 Å². The highest BCUT2D eigenvalue weighted by atomic mass is 15.2. The van der Waals surface area contributed by atoms with Crippen LogP contribution in [0.15, 0.2) is 18.3 Å². The van der Waals surface area contributed by atoms with Crippen LogP contribution in [0.25, 0.3) is 0 Å². The first-order valence-electron chi connectivity index (χ1n) is 7.90. The number of piperidine rings is 1. The number of hydrogen-bond acceptors (Lipinski definition) is 2. The third-order valence-corrected chi connectivity index (χ3v) is 4.64. The van der Waals surface area contributed by atoms with Crippen molar-refractivity contribution >= 4 is 0 Å². The molecule has 0 spiro atoms. The van der Waals surface area contributed by atoms with Crippen molar-refractivity contribution in [3.63, 3.8) is 0 Å². The molecule has 0 radical (unpaired) electrons. The van der Waals surface area contributed by atoms with Crippen molar-refractivity contribution in [2.75, 3.05) is 13.1 Å². The fourth-order valence-corrected chi connectivity index (χ4v) is 2.98. The minimum atomic E-state index is 0.748. The highest BCUT2D eigenvalue weighted by Crippen LogP contribution is 2.23. The van der Waals surface area contributed by atoms with Gasteiger partial charge in [0.2, 0.25) is 0 Å². The van der Waals surface area contributed by atoms with E-state index in [9.17, 15) is 0 Å². The Bertz CT molecular complexity index is 371. The van der Waals surface area contributed by atoms with E-state index in [-0.39, 0.29) is 0 Å². The van der Waals surface area contributed by atoms with Crippen molar-refractivity contribution in [3.05, 3.63) is 29.6 Å². The maximum absolute atomic E-state index is 4.57. The molecule has 0 aliphatic carbocycles. The maximum Gasteiger partial charge on any atom is 0.0416 e. The Hall–Kier alpha value is -0.890.